The smallest absolute Gasteiger partial charge is 0.0931 e. The first kappa shape index (κ1) is 8.21. The summed E-state index contributed by atoms with van der Waals surface area (Å²) in [7, 11) is 0. The van der Waals surface area contributed by atoms with Crippen molar-refractivity contribution < 1.29 is 5.11 Å². The Hall–Kier alpha value is -0.890. The minimum Gasteiger partial charge on any atom is -0.387 e. The van der Waals surface area contributed by atoms with Crippen molar-refractivity contribution in [2.24, 2.45) is 0 Å². The first-order chi connectivity index (χ1) is 5.24. The fourth-order valence-corrected chi connectivity index (χ4v) is 0.928. The minimum atomic E-state index is -0.457. The highest BCUT2D eigenvalue weighted by Crippen LogP contribution is 2.08. The molecule has 0 aromatic carbocycles. The third-order valence-corrected chi connectivity index (χ3v) is 1.62. The average molecular weight is 151 g/mol. The van der Waals surface area contributed by atoms with E-state index in [-0.39, 0.29) is 0 Å². The summed E-state index contributed by atoms with van der Waals surface area (Å²) in [4.78, 5) is 4.24. The van der Waals surface area contributed by atoms with E-state index in [1.165, 1.54) is 0 Å². The van der Waals surface area contributed by atoms with Crippen molar-refractivity contribution in [2.75, 3.05) is 0 Å². The first-order valence-electron chi connectivity index (χ1n) is 3.88. The molecular weight excluding hydrogens is 138 g/mol. The molecule has 1 aromatic rings. The number of hydrogen-bond donors (Lipinski definition) is 1. The zero-order chi connectivity index (χ0) is 8.27. The van der Waals surface area contributed by atoms with E-state index in [0.717, 1.165) is 17.8 Å². The van der Waals surface area contributed by atoms with E-state index in [9.17, 15) is 5.11 Å². The second-order valence-corrected chi connectivity index (χ2v) is 2.58. The molecule has 1 N–H and O–H groups in total. The van der Waals surface area contributed by atoms with Crippen molar-refractivity contribution in [1.82, 2.24) is 4.98 Å². The van der Waals surface area contributed by atoms with Crippen LogP contribution in [-0.4, -0.2) is 10.1 Å². The van der Waals surface area contributed by atoms with Gasteiger partial charge in [0.25, 0.3) is 0 Å². The van der Waals surface area contributed by atoms with Gasteiger partial charge in [0.2, 0.25) is 0 Å². The van der Waals surface area contributed by atoms with Gasteiger partial charge in [0.1, 0.15) is 0 Å². The van der Waals surface area contributed by atoms with Crippen LogP contribution in [0.5, 0.6) is 0 Å². The summed E-state index contributed by atoms with van der Waals surface area (Å²) >= 11 is 0. The lowest BCUT2D eigenvalue weighted by Crippen LogP contribution is -1.97. The van der Waals surface area contributed by atoms with E-state index in [1.54, 1.807) is 6.92 Å². The van der Waals surface area contributed by atoms with Crippen LogP contribution in [0, 0.1) is 0 Å². The molecule has 1 heterocycles. The van der Waals surface area contributed by atoms with Crippen LogP contribution in [0.15, 0.2) is 18.2 Å². The molecule has 0 saturated carbocycles. The fraction of sp³-hybridized carbons (Fsp3) is 0.444. The Kier molecular flexibility index (Phi) is 2.60. The highest BCUT2D eigenvalue weighted by molar-refractivity contribution is 5.12. The monoisotopic (exact) mass is 151 g/mol. The van der Waals surface area contributed by atoms with Crippen LogP contribution in [0.25, 0.3) is 0 Å². The summed E-state index contributed by atoms with van der Waals surface area (Å²) in [6, 6.07) is 5.73. The Labute approximate surface area is 66.9 Å². The normalized spacial score (nSPS) is 13.0. The van der Waals surface area contributed by atoms with E-state index < -0.39 is 6.10 Å². The molecule has 0 amide bonds. The summed E-state index contributed by atoms with van der Waals surface area (Å²) < 4.78 is 0. The standard InChI is InChI=1S/C9H13NO/c1-3-8-5-4-6-9(10-8)7(2)11/h4-7,11H,3H2,1-2H3/t7-/m1/s1. The Morgan fingerprint density at radius 2 is 2.27 bits per heavy atom. The lowest BCUT2D eigenvalue weighted by Gasteiger charge is -2.04. The Bertz CT molecular complexity index is 233. The first-order valence-corrected chi connectivity index (χ1v) is 3.88. The number of aliphatic hydroxyl groups excluding tert-OH is 1. The molecule has 1 atom stereocenters. The predicted molar refractivity (Wildman–Crippen MR) is 44.2 cm³/mol. The second-order valence-electron chi connectivity index (χ2n) is 2.58. The third-order valence-electron chi connectivity index (χ3n) is 1.62. The lowest BCUT2D eigenvalue weighted by atomic mass is 10.2. The maximum absolute atomic E-state index is 9.18. The number of hydrogen-bond acceptors (Lipinski definition) is 2. The van der Waals surface area contributed by atoms with Gasteiger partial charge in [-0.3, -0.25) is 4.98 Å². The van der Waals surface area contributed by atoms with Crippen molar-refractivity contribution in [2.45, 2.75) is 26.4 Å². The van der Waals surface area contributed by atoms with Gasteiger partial charge in [0.05, 0.1) is 11.8 Å². The molecule has 0 spiro atoms. The van der Waals surface area contributed by atoms with Gasteiger partial charge >= 0.3 is 0 Å². The molecule has 11 heavy (non-hydrogen) atoms. The molecule has 1 rings (SSSR count). The predicted octanol–water partition coefficient (Wildman–Crippen LogP) is 1.70. The summed E-state index contributed by atoms with van der Waals surface area (Å²) in [6.45, 7) is 3.77. The molecule has 0 radical (unpaired) electrons. The number of rotatable bonds is 2. The van der Waals surface area contributed by atoms with Crippen LogP contribution in [0.3, 0.4) is 0 Å². The Morgan fingerprint density at radius 3 is 2.82 bits per heavy atom. The number of aromatic nitrogens is 1. The molecule has 60 valence electrons. The number of aliphatic hydroxyl groups is 1. The van der Waals surface area contributed by atoms with E-state index >= 15 is 0 Å². The van der Waals surface area contributed by atoms with Crippen molar-refractivity contribution in [3.63, 3.8) is 0 Å². The van der Waals surface area contributed by atoms with E-state index in [1.807, 2.05) is 25.1 Å². The topological polar surface area (TPSA) is 33.1 Å². The number of nitrogens with zero attached hydrogens (tertiary/aromatic N) is 1. The van der Waals surface area contributed by atoms with Gasteiger partial charge in [-0.1, -0.05) is 13.0 Å². The van der Waals surface area contributed by atoms with Crippen molar-refractivity contribution in [3.05, 3.63) is 29.6 Å². The quantitative estimate of drug-likeness (QED) is 0.697. The van der Waals surface area contributed by atoms with Gasteiger partial charge in [-0.2, -0.15) is 0 Å². The van der Waals surface area contributed by atoms with Crippen molar-refractivity contribution >= 4 is 0 Å². The van der Waals surface area contributed by atoms with E-state index in [4.69, 9.17) is 0 Å². The van der Waals surface area contributed by atoms with Crippen LogP contribution in [-0.2, 0) is 6.42 Å². The highest BCUT2D eigenvalue weighted by Gasteiger charge is 2.01. The summed E-state index contributed by atoms with van der Waals surface area (Å²) in [5.74, 6) is 0. The van der Waals surface area contributed by atoms with Gasteiger partial charge < -0.3 is 5.11 Å². The third kappa shape index (κ3) is 2.02. The molecule has 0 unspecified atom stereocenters. The number of aryl methyl sites for hydroxylation is 1. The van der Waals surface area contributed by atoms with Crippen LogP contribution in [0.2, 0.25) is 0 Å². The summed E-state index contributed by atoms with van der Waals surface area (Å²) in [6.07, 6.45) is 0.460. The second kappa shape index (κ2) is 3.49. The Balaban J connectivity index is 2.91. The van der Waals surface area contributed by atoms with Gasteiger partial charge in [0, 0.05) is 5.69 Å². The van der Waals surface area contributed by atoms with Gasteiger partial charge in [-0.25, -0.2) is 0 Å². The molecule has 0 aliphatic heterocycles. The molecule has 0 saturated heterocycles. The van der Waals surface area contributed by atoms with Crippen LogP contribution in [0.1, 0.15) is 31.3 Å². The van der Waals surface area contributed by atoms with E-state index in [0.29, 0.717) is 0 Å². The zero-order valence-electron chi connectivity index (χ0n) is 6.91. The minimum absolute atomic E-state index is 0.457. The van der Waals surface area contributed by atoms with Crippen molar-refractivity contribution in [3.8, 4) is 0 Å². The molecule has 1 aromatic heterocycles. The van der Waals surface area contributed by atoms with Gasteiger partial charge in [0.15, 0.2) is 0 Å². The zero-order valence-corrected chi connectivity index (χ0v) is 6.91. The van der Waals surface area contributed by atoms with Crippen LogP contribution >= 0.6 is 0 Å². The maximum Gasteiger partial charge on any atom is 0.0931 e. The lowest BCUT2D eigenvalue weighted by molar-refractivity contribution is 0.194. The number of pyridine rings is 1. The molecule has 2 nitrogen and oxygen atoms in total. The highest BCUT2D eigenvalue weighted by atomic mass is 16.3. The Morgan fingerprint density at radius 1 is 1.55 bits per heavy atom. The largest absolute Gasteiger partial charge is 0.387 e. The molecule has 0 aliphatic rings. The molecule has 0 aliphatic carbocycles. The summed E-state index contributed by atoms with van der Waals surface area (Å²) in [5.41, 5.74) is 1.78. The van der Waals surface area contributed by atoms with E-state index in [2.05, 4.69) is 4.98 Å². The van der Waals surface area contributed by atoms with Gasteiger partial charge in [-0.15, -0.1) is 0 Å². The molecule has 0 fully saturated rings. The molecular formula is C9H13NO. The average Bonchev–Trinajstić information content (AvgIpc) is 2.05. The molecule has 2 heteroatoms. The molecule has 0 bridgehead atoms. The van der Waals surface area contributed by atoms with Crippen LogP contribution in [0.4, 0.5) is 0 Å². The SMILES string of the molecule is CCc1cccc([C@@H](C)O)n1. The van der Waals surface area contributed by atoms with Crippen LogP contribution < -0.4 is 0 Å². The van der Waals surface area contributed by atoms with Crippen molar-refractivity contribution in [1.29, 1.82) is 0 Å². The fourth-order valence-electron chi connectivity index (χ4n) is 0.928. The summed E-state index contributed by atoms with van der Waals surface area (Å²) in [5, 5.41) is 9.18. The van der Waals surface area contributed by atoms with Gasteiger partial charge in [-0.05, 0) is 25.5 Å². The maximum atomic E-state index is 9.18.